The van der Waals surface area contributed by atoms with Crippen LogP contribution in [0.2, 0.25) is 0 Å². The van der Waals surface area contributed by atoms with Crippen LogP contribution in [0.5, 0.6) is 0 Å². The standard InChI is InChI=1S/C16H21NO7/c1-3-22-13(18)15(14(19)23-4-2)8-10-7-11-5-6-16(10,24-11)12(15)9-17(20)21/h5-6,10-12H,3-4,7-9H2,1-2H3/t10-,11+,12-,16-/m0/s1. The Morgan fingerprint density at radius 3 is 2.42 bits per heavy atom. The van der Waals surface area contributed by atoms with Crippen LogP contribution in [-0.2, 0) is 23.8 Å². The Morgan fingerprint density at radius 1 is 1.29 bits per heavy atom. The molecule has 1 saturated heterocycles. The number of hydrogen-bond donors (Lipinski definition) is 0. The number of rotatable bonds is 6. The second kappa shape index (κ2) is 5.84. The molecule has 0 unspecified atom stereocenters. The van der Waals surface area contributed by atoms with E-state index in [-0.39, 0.29) is 31.7 Å². The molecule has 0 aromatic rings. The predicted octanol–water partition coefficient (Wildman–Crippen LogP) is 1.11. The second-order valence-corrected chi connectivity index (χ2v) is 6.49. The smallest absolute Gasteiger partial charge is 0.324 e. The van der Waals surface area contributed by atoms with Gasteiger partial charge in [0.25, 0.3) is 0 Å². The van der Waals surface area contributed by atoms with Crippen molar-refractivity contribution in [3.8, 4) is 0 Å². The molecule has 0 amide bonds. The molecule has 24 heavy (non-hydrogen) atoms. The maximum absolute atomic E-state index is 12.8. The number of fused-ring (bicyclic) bond motifs is 1. The summed E-state index contributed by atoms with van der Waals surface area (Å²) in [7, 11) is 0. The van der Waals surface area contributed by atoms with E-state index in [1.165, 1.54) is 0 Å². The summed E-state index contributed by atoms with van der Waals surface area (Å²) in [5.41, 5.74) is -2.65. The van der Waals surface area contributed by atoms with Crippen LogP contribution < -0.4 is 0 Å². The third kappa shape index (κ3) is 2.16. The van der Waals surface area contributed by atoms with Gasteiger partial charge in [0.2, 0.25) is 6.54 Å². The molecule has 8 nitrogen and oxygen atoms in total. The summed E-state index contributed by atoms with van der Waals surface area (Å²) in [5.74, 6) is -2.57. The molecular weight excluding hydrogens is 318 g/mol. The minimum absolute atomic E-state index is 0.0855. The normalized spacial score (nSPS) is 34.8. The van der Waals surface area contributed by atoms with Gasteiger partial charge in [-0.05, 0) is 32.6 Å². The minimum Gasteiger partial charge on any atom is -0.465 e. The van der Waals surface area contributed by atoms with E-state index in [0.29, 0.717) is 6.42 Å². The molecule has 2 fully saturated rings. The molecule has 0 N–H and O–H groups in total. The largest absolute Gasteiger partial charge is 0.465 e. The predicted molar refractivity (Wildman–Crippen MR) is 80.5 cm³/mol. The molecule has 8 heteroatoms. The van der Waals surface area contributed by atoms with E-state index in [2.05, 4.69) is 0 Å². The lowest BCUT2D eigenvalue weighted by Crippen LogP contribution is -2.52. The number of ether oxygens (including phenoxy) is 3. The van der Waals surface area contributed by atoms with E-state index < -0.39 is 40.3 Å². The van der Waals surface area contributed by atoms with E-state index in [9.17, 15) is 19.7 Å². The minimum atomic E-state index is -1.69. The van der Waals surface area contributed by atoms with Crippen molar-refractivity contribution in [2.45, 2.75) is 38.4 Å². The van der Waals surface area contributed by atoms with E-state index in [1.807, 2.05) is 6.08 Å². The lowest BCUT2D eigenvalue weighted by atomic mass is 9.73. The molecule has 2 heterocycles. The van der Waals surface area contributed by atoms with Gasteiger partial charge in [0, 0.05) is 4.92 Å². The van der Waals surface area contributed by atoms with Crippen LogP contribution in [0.25, 0.3) is 0 Å². The first-order valence-corrected chi connectivity index (χ1v) is 8.24. The SMILES string of the molecule is CCOC(=O)C1(C(=O)OCC)C[C@@H]2C[C@H]3C=C[C@@]2(O3)[C@H]1C[N+](=O)[O-]. The van der Waals surface area contributed by atoms with Gasteiger partial charge in [-0.15, -0.1) is 0 Å². The second-order valence-electron chi connectivity index (χ2n) is 6.49. The fourth-order valence-corrected chi connectivity index (χ4v) is 4.57. The Bertz CT molecular complexity index is 583. The number of nitro groups is 1. The van der Waals surface area contributed by atoms with Gasteiger partial charge in [-0.3, -0.25) is 19.7 Å². The molecule has 1 aliphatic carbocycles. The molecule has 3 aliphatic rings. The maximum atomic E-state index is 12.8. The molecule has 132 valence electrons. The summed E-state index contributed by atoms with van der Waals surface area (Å²) >= 11 is 0. The van der Waals surface area contributed by atoms with Crippen molar-refractivity contribution in [1.82, 2.24) is 0 Å². The highest BCUT2D eigenvalue weighted by atomic mass is 16.6. The highest BCUT2D eigenvalue weighted by molar-refractivity contribution is 6.01. The number of carbonyl (C=O) groups excluding carboxylic acids is 2. The summed E-state index contributed by atoms with van der Waals surface area (Å²) in [6.07, 6.45) is 4.34. The Labute approximate surface area is 139 Å². The van der Waals surface area contributed by atoms with E-state index in [1.54, 1.807) is 19.9 Å². The lowest BCUT2D eigenvalue weighted by Gasteiger charge is -2.34. The van der Waals surface area contributed by atoms with Crippen LogP contribution in [-0.4, -0.2) is 48.3 Å². The van der Waals surface area contributed by atoms with Gasteiger partial charge >= 0.3 is 11.9 Å². The van der Waals surface area contributed by atoms with E-state index >= 15 is 0 Å². The topological polar surface area (TPSA) is 105 Å². The summed E-state index contributed by atoms with van der Waals surface area (Å²) in [5, 5.41) is 11.3. The Kier molecular flexibility index (Phi) is 4.11. The van der Waals surface area contributed by atoms with Gasteiger partial charge in [-0.25, -0.2) is 0 Å². The third-order valence-electron chi connectivity index (χ3n) is 5.40. The monoisotopic (exact) mass is 339 g/mol. The summed E-state index contributed by atoms with van der Waals surface area (Å²) in [4.78, 5) is 36.3. The first-order valence-electron chi connectivity index (χ1n) is 8.24. The highest BCUT2D eigenvalue weighted by Crippen LogP contribution is 2.63. The van der Waals surface area contributed by atoms with E-state index in [0.717, 1.165) is 0 Å². The summed E-state index contributed by atoms with van der Waals surface area (Å²) in [6, 6.07) is 0. The Balaban J connectivity index is 2.08. The molecule has 1 spiro atoms. The third-order valence-corrected chi connectivity index (χ3v) is 5.40. The van der Waals surface area contributed by atoms with Crippen LogP contribution in [0.4, 0.5) is 0 Å². The molecule has 4 atom stereocenters. The zero-order chi connectivity index (χ0) is 17.5. The molecule has 3 rings (SSSR count). The summed E-state index contributed by atoms with van der Waals surface area (Å²) < 4.78 is 16.2. The van der Waals surface area contributed by atoms with Crippen LogP contribution in [0.15, 0.2) is 12.2 Å². The van der Waals surface area contributed by atoms with Crippen molar-refractivity contribution >= 4 is 11.9 Å². The number of nitrogens with zero attached hydrogens (tertiary/aromatic N) is 1. The van der Waals surface area contributed by atoms with Crippen LogP contribution in [0.1, 0.15) is 26.7 Å². The van der Waals surface area contributed by atoms with Crippen molar-refractivity contribution in [1.29, 1.82) is 0 Å². The molecule has 1 saturated carbocycles. The molecule has 0 aromatic carbocycles. The fourth-order valence-electron chi connectivity index (χ4n) is 4.57. The molecule has 0 aromatic heterocycles. The van der Waals surface area contributed by atoms with Crippen molar-refractivity contribution in [2.24, 2.45) is 17.3 Å². The van der Waals surface area contributed by atoms with Gasteiger partial charge < -0.3 is 14.2 Å². The van der Waals surface area contributed by atoms with Gasteiger partial charge in [-0.2, -0.15) is 0 Å². The van der Waals surface area contributed by atoms with Gasteiger partial charge in [0.1, 0.15) is 5.60 Å². The molecule has 2 bridgehead atoms. The van der Waals surface area contributed by atoms with Crippen molar-refractivity contribution in [3.05, 3.63) is 22.3 Å². The van der Waals surface area contributed by atoms with Crippen LogP contribution in [0.3, 0.4) is 0 Å². The zero-order valence-electron chi connectivity index (χ0n) is 13.7. The first-order chi connectivity index (χ1) is 11.4. The zero-order valence-corrected chi connectivity index (χ0v) is 13.7. The Hall–Kier alpha value is -1.96. The van der Waals surface area contributed by atoms with E-state index in [4.69, 9.17) is 14.2 Å². The lowest BCUT2D eigenvalue weighted by molar-refractivity contribution is -0.494. The average molecular weight is 339 g/mol. The maximum Gasteiger partial charge on any atom is 0.324 e. The van der Waals surface area contributed by atoms with Crippen molar-refractivity contribution < 1.29 is 28.7 Å². The van der Waals surface area contributed by atoms with Gasteiger partial charge in [0.15, 0.2) is 5.41 Å². The van der Waals surface area contributed by atoms with Crippen LogP contribution in [0, 0.1) is 27.4 Å². The van der Waals surface area contributed by atoms with Crippen LogP contribution >= 0.6 is 0 Å². The molecule has 2 aliphatic heterocycles. The number of hydrogen-bond acceptors (Lipinski definition) is 7. The fraction of sp³-hybridized carbons (Fsp3) is 0.750. The first kappa shape index (κ1) is 16.9. The van der Waals surface area contributed by atoms with Gasteiger partial charge in [-0.1, -0.05) is 12.2 Å². The number of carbonyl (C=O) groups is 2. The average Bonchev–Trinajstić information content (AvgIpc) is 3.16. The summed E-state index contributed by atoms with van der Waals surface area (Å²) in [6.45, 7) is 2.89. The van der Waals surface area contributed by atoms with Crippen molar-refractivity contribution in [2.75, 3.05) is 19.8 Å². The Morgan fingerprint density at radius 2 is 1.92 bits per heavy atom. The molecule has 0 radical (unpaired) electrons. The van der Waals surface area contributed by atoms with Gasteiger partial charge in [0.05, 0.1) is 25.2 Å². The van der Waals surface area contributed by atoms with Crippen molar-refractivity contribution in [3.63, 3.8) is 0 Å². The highest BCUT2D eigenvalue weighted by Gasteiger charge is 2.75. The quantitative estimate of drug-likeness (QED) is 0.235. The molecular formula is C16H21NO7. The number of esters is 2.